The van der Waals surface area contributed by atoms with E-state index in [1.807, 2.05) is 6.08 Å². The van der Waals surface area contributed by atoms with Crippen LogP contribution in [0.5, 0.6) is 0 Å². The maximum Gasteiger partial charge on any atom is 0.220 e. The maximum absolute atomic E-state index is 13.1. The van der Waals surface area contributed by atoms with Crippen molar-refractivity contribution in [2.45, 2.75) is 314 Å². The molecule has 79 heavy (non-hydrogen) atoms. The minimum absolute atomic E-state index is 0.200. The largest absolute Gasteiger partial charge is 0.394 e. The predicted octanol–water partition coefficient (Wildman–Crippen LogP) is 17.3. The molecule has 1 aliphatic rings. The second-order valence-electron chi connectivity index (χ2n) is 22.2. The van der Waals surface area contributed by atoms with Gasteiger partial charge in [-0.25, -0.2) is 0 Å². The second-order valence-corrected chi connectivity index (χ2v) is 22.2. The standard InChI is InChI=1S/C70H121NO8/c1-3-5-7-9-11-13-15-17-19-21-23-25-27-29-31-32-34-36-38-40-42-44-46-48-50-52-54-56-58-60-66(74)71-63(62-78-70-69(77)68(76)67(75)65(61-72)79-70)64(73)59-57-55-53-51-49-47-45-43-41-39-37-35-33-30-28-26-24-22-20-18-16-14-12-10-8-6-4-2/h5,7,11,13,17,19,23,25,29,31,34,36,40,42,49,51,57,59,63-65,67-70,72-73,75-77H,3-4,6,8-10,12,14-16,18,20-22,24,26-28,30,32-33,35,37-39,41,43-48,50,52-56,58,60-62H2,1-2H3,(H,71,74)/b7-5-,13-11-,19-17-,25-23-,31-29-,36-34-,42-40-,51-49+,59-57+. The predicted molar refractivity (Wildman–Crippen MR) is 336 cm³/mol. The Bertz CT molecular complexity index is 1610. The lowest BCUT2D eigenvalue weighted by molar-refractivity contribution is -0.302. The topological polar surface area (TPSA) is 149 Å². The maximum atomic E-state index is 13.1. The Morgan fingerprint density at radius 2 is 0.797 bits per heavy atom. The van der Waals surface area contributed by atoms with Crippen molar-refractivity contribution in [3.05, 3.63) is 109 Å². The van der Waals surface area contributed by atoms with Gasteiger partial charge in [-0.15, -0.1) is 0 Å². The molecule has 6 N–H and O–H groups in total. The van der Waals surface area contributed by atoms with E-state index in [0.29, 0.717) is 6.42 Å². The summed E-state index contributed by atoms with van der Waals surface area (Å²) in [6, 6.07) is -0.838. The van der Waals surface area contributed by atoms with Crippen LogP contribution in [0.4, 0.5) is 0 Å². The van der Waals surface area contributed by atoms with Gasteiger partial charge in [-0.05, 0) is 89.9 Å². The Morgan fingerprint density at radius 3 is 1.22 bits per heavy atom. The summed E-state index contributed by atoms with van der Waals surface area (Å²) in [5.74, 6) is -0.200. The Kier molecular flexibility index (Phi) is 54.3. The molecule has 0 aliphatic carbocycles. The van der Waals surface area contributed by atoms with Crippen molar-refractivity contribution in [2.75, 3.05) is 13.2 Å². The number of nitrogens with one attached hydrogen (secondary N) is 1. The Balaban J connectivity index is 2.23. The zero-order chi connectivity index (χ0) is 57.2. The van der Waals surface area contributed by atoms with Gasteiger partial charge in [-0.1, -0.05) is 284 Å². The van der Waals surface area contributed by atoms with Gasteiger partial charge in [0.05, 0.1) is 25.4 Å². The van der Waals surface area contributed by atoms with Crippen molar-refractivity contribution >= 4 is 5.91 Å². The van der Waals surface area contributed by atoms with Gasteiger partial charge in [0, 0.05) is 6.42 Å². The van der Waals surface area contributed by atoms with E-state index in [4.69, 9.17) is 9.47 Å². The highest BCUT2D eigenvalue weighted by molar-refractivity contribution is 5.76. The summed E-state index contributed by atoms with van der Waals surface area (Å²) in [5.41, 5.74) is 0. The lowest BCUT2D eigenvalue weighted by atomic mass is 9.99. The Labute approximate surface area is 485 Å². The van der Waals surface area contributed by atoms with E-state index in [-0.39, 0.29) is 12.5 Å². The van der Waals surface area contributed by atoms with Crippen LogP contribution in [0.1, 0.15) is 271 Å². The third kappa shape index (κ3) is 47.1. The van der Waals surface area contributed by atoms with Crippen LogP contribution in [-0.2, 0) is 14.3 Å². The summed E-state index contributed by atoms with van der Waals surface area (Å²) >= 11 is 0. The first-order valence-corrected chi connectivity index (χ1v) is 32.6. The molecule has 9 heteroatoms. The zero-order valence-corrected chi connectivity index (χ0v) is 50.6. The number of aliphatic hydroxyl groups excluding tert-OH is 5. The van der Waals surface area contributed by atoms with Gasteiger partial charge >= 0.3 is 0 Å². The lowest BCUT2D eigenvalue weighted by Gasteiger charge is -2.40. The number of unbranched alkanes of at least 4 members (excludes halogenated alkanes) is 29. The van der Waals surface area contributed by atoms with Gasteiger partial charge in [0.1, 0.15) is 24.4 Å². The first kappa shape index (κ1) is 73.9. The van der Waals surface area contributed by atoms with E-state index in [1.54, 1.807) is 6.08 Å². The molecule has 0 spiro atoms. The molecule has 1 saturated heterocycles. The van der Waals surface area contributed by atoms with Crippen molar-refractivity contribution in [3.8, 4) is 0 Å². The molecule has 0 radical (unpaired) electrons. The average molecular weight is 1100 g/mol. The van der Waals surface area contributed by atoms with Gasteiger partial charge in [0.2, 0.25) is 5.91 Å². The number of hydrogen-bond acceptors (Lipinski definition) is 8. The van der Waals surface area contributed by atoms with Crippen LogP contribution in [0.25, 0.3) is 0 Å². The molecule has 1 heterocycles. The van der Waals surface area contributed by atoms with Gasteiger partial charge in [-0.3, -0.25) is 4.79 Å². The third-order valence-electron chi connectivity index (χ3n) is 14.8. The van der Waals surface area contributed by atoms with Crippen molar-refractivity contribution < 1.29 is 39.8 Å². The number of hydrogen-bond donors (Lipinski definition) is 6. The smallest absolute Gasteiger partial charge is 0.220 e. The molecule has 7 unspecified atom stereocenters. The quantitative estimate of drug-likeness (QED) is 0.0261. The molecule has 0 aromatic heterocycles. The van der Waals surface area contributed by atoms with Crippen LogP contribution in [0, 0.1) is 0 Å². The molecular weight excluding hydrogens is 983 g/mol. The summed E-state index contributed by atoms with van der Waals surface area (Å²) in [7, 11) is 0. The Morgan fingerprint density at radius 1 is 0.443 bits per heavy atom. The number of aliphatic hydroxyl groups is 5. The van der Waals surface area contributed by atoms with Crippen LogP contribution in [0.3, 0.4) is 0 Å². The lowest BCUT2D eigenvalue weighted by Crippen LogP contribution is -2.60. The second kappa shape index (κ2) is 58.1. The number of allylic oxidation sites excluding steroid dienone is 17. The van der Waals surface area contributed by atoms with Gasteiger partial charge in [0.25, 0.3) is 0 Å². The number of carbonyl (C=O) groups excluding carboxylic acids is 1. The number of carbonyl (C=O) groups is 1. The molecule has 0 saturated carbocycles. The summed E-state index contributed by atoms with van der Waals surface area (Å²) in [6.45, 7) is 3.66. The molecule has 1 aliphatic heterocycles. The molecule has 454 valence electrons. The molecule has 9 nitrogen and oxygen atoms in total. The number of amides is 1. The first-order valence-electron chi connectivity index (χ1n) is 32.6. The van der Waals surface area contributed by atoms with Crippen LogP contribution >= 0.6 is 0 Å². The van der Waals surface area contributed by atoms with Gasteiger partial charge in [-0.2, -0.15) is 0 Å². The molecule has 0 aromatic rings. The van der Waals surface area contributed by atoms with Crippen LogP contribution in [0.2, 0.25) is 0 Å². The fraction of sp³-hybridized carbons (Fsp3) is 0.729. The summed E-state index contributed by atoms with van der Waals surface area (Å²) in [4.78, 5) is 13.1. The summed E-state index contributed by atoms with van der Waals surface area (Å²) < 4.78 is 11.3. The minimum Gasteiger partial charge on any atom is -0.394 e. The minimum atomic E-state index is -1.58. The molecule has 1 fully saturated rings. The fourth-order valence-electron chi connectivity index (χ4n) is 9.74. The highest BCUT2D eigenvalue weighted by Crippen LogP contribution is 2.23. The molecule has 1 amide bonds. The normalized spacial score (nSPS) is 19.3. The van der Waals surface area contributed by atoms with E-state index in [9.17, 15) is 30.3 Å². The zero-order valence-electron chi connectivity index (χ0n) is 50.6. The van der Waals surface area contributed by atoms with E-state index >= 15 is 0 Å². The molecule has 0 bridgehead atoms. The average Bonchev–Trinajstić information content (AvgIpc) is 3.47. The summed E-state index contributed by atoms with van der Waals surface area (Å²) in [5, 5.41) is 54.7. The summed E-state index contributed by atoms with van der Waals surface area (Å²) in [6.07, 6.45) is 78.8. The molecule has 7 atom stereocenters. The van der Waals surface area contributed by atoms with Crippen molar-refractivity contribution in [1.29, 1.82) is 0 Å². The van der Waals surface area contributed by atoms with E-state index in [2.05, 4.69) is 116 Å². The SMILES string of the molecule is CC/C=C\C/C=C\C/C=C\C/C=C\C/C=C\C/C=C\C/C=C\CCCCCCCCCC(=O)NC(COC1OC(CO)C(O)C(O)C1O)C(O)/C=C/CC/C=C/CCCCCCCCCCCCCCCCCCCCCCC. The van der Waals surface area contributed by atoms with Gasteiger partial charge in [0.15, 0.2) is 6.29 Å². The highest BCUT2D eigenvalue weighted by Gasteiger charge is 2.44. The van der Waals surface area contributed by atoms with E-state index in [1.165, 1.54) is 154 Å². The molecular formula is C70H121NO8. The molecule has 1 rings (SSSR count). The van der Waals surface area contributed by atoms with Crippen molar-refractivity contribution in [2.24, 2.45) is 0 Å². The van der Waals surface area contributed by atoms with Crippen molar-refractivity contribution in [3.63, 3.8) is 0 Å². The first-order chi connectivity index (χ1) is 38.8. The highest BCUT2D eigenvalue weighted by atomic mass is 16.7. The fourth-order valence-corrected chi connectivity index (χ4v) is 9.74. The van der Waals surface area contributed by atoms with Crippen LogP contribution in [-0.4, -0.2) is 87.5 Å². The van der Waals surface area contributed by atoms with Crippen LogP contribution < -0.4 is 5.32 Å². The van der Waals surface area contributed by atoms with Crippen LogP contribution in [0.15, 0.2) is 109 Å². The Hall–Kier alpha value is -3.15. The number of ether oxygens (including phenoxy) is 2. The monoisotopic (exact) mass is 1100 g/mol. The molecule has 0 aromatic carbocycles. The third-order valence-corrected chi connectivity index (χ3v) is 14.8. The van der Waals surface area contributed by atoms with E-state index in [0.717, 1.165) is 96.3 Å². The van der Waals surface area contributed by atoms with Crippen molar-refractivity contribution in [1.82, 2.24) is 5.32 Å². The number of rotatable bonds is 55. The van der Waals surface area contributed by atoms with Gasteiger partial charge < -0.3 is 40.3 Å². The van der Waals surface area contributed by atoms with E-state index < -0.39 is 49.5 Å².